The second kappa shape index (κ2) is 14.3. The van der Waals surface area contributed by atoms with Gasteiger partial charge in [0.2, 0.25) is 11.8 Å². The molecule has 6 nitrogen and oxygen atoms in total. The number of aliphatic hydroxyl groups is 1. The lowest BCUT2D eigenvalue weighted by atomic mass is 9.97. The van der Waals surface area contributed by atoms with E-state index in [4.69, 9.17) is 14.1 Å². The van der Waals surface area contributed by atoms with Crippen molar-refractivity contribution in [2.75, 3.05) is 31.2 Å². The number of hydrogen-bond donors (Lipinski definition) is 1. The number of aliphatic hydroxyl groups excluding tert-OH is 1. The van der Waals surface area contributed by atoms with Crippen LogP contribution in [-0.2, 0) is 30.7 Å². The summed E-state index contributed by atoms with van der Waals surface area (Å²) in [7, 11) is 0. The molecule has 5 aromatic rings. The molecule has 2 heterocycles. The summed E-state index contributed by atoms with van der Waals surface area (Å²) >= 11 is 0. The monoisotopic (exact) mass is 573 g/mol. The second-order valence-corrected chi connectivity index (χ2v) is 11.1. The van der Waals surface area contributed by atoms with Crippen molar-refractivity contribution in [3.8, 4) is 0 Å². The fourth-order valence-electron chi connectivity index (χ4n) is 5.79. The molecule has 1 aliphatic rings. The minimum Gasteiger partial charge on any atom is -0.422 e. The maximum Gasteiger partial charge on any atom is 0.227 e. The Morgan fingerprint density at radius 3 is 1.70 bits per heavy atom. The molecule has 220 valence electrons. The zero-order valence-electron chi connectivity index (χ0n) is 24.5. The van der Waals surface area contributed by atoms with Crippen molar-refractivity contribution in [2.45, 2.75) is 38.1 Å². The van der Waals surface area contributed by atoms with Crippen LogP contribution in [0.25, 0.3) is 0 Å². The van der Waals surface area contributed by atoms with Gasteiger partial charge in [0.15, 0.2) is 0 Å². The van der Waals surface area contributed by atoms with E-state index in [9.17, 15) is 5.11 Å². The molecule has 6 heteroatoms. The number of aromatic nitrogens is 1. The highest BCUT2D eigenvalue weighted by Gasteiger charge is 2.33. The van der Waals surface area contributed by atoms with Gasteiger partial charge in [0.05, 0.1) is 13.2 Å². The Hall–Kier alpha value is -4.23. The molecule has 0 saturated carbocycles. The largest absolute Gasteiger partial charge is 0.422 e. The summed E-state index contributed by atoms with van der Waals surface area (Å²) in [4.78, 5) is 9.57. The van der Waals surface area contributed by atoms with Crippen molar-refractivity contribution in [3.05, 3.63) is 155 Å². The quantitative estimate of drug-likeness (QED) is 0.185. The minimum absolute atomic E-state index is 0.288. The van der Waals surface area contributed by atoms with Gasteiger partial charge >= 0.3 is 0 Å². The van der Waals surface area contributed by atoms with Crippen molar-refractivity contribution in [2.24, 2.45) is 0 Å². The average molecular weight is 574 g/mol. The van der Waals surface area contributed by atoms with Gasteiger partial charge in [-0.3, -0.25) is 4.90 Å². The Kier molecular flexibility index (Phi) is 9.60. The van der Waals surface area contributed by atoms with Gasteiger partial charge in [-0.25, -0.2) is 4.98 Å². The smallest absolute Gasteiger partial charge is 0.227 e. The Morgan fingerprint density at radius 2 is 1.16 bits per heavy atom. The lowest BCUT2D eigenvalue weighted by molar-refractivity contribution is 0.0218. The van der Waals surface area contributed by atoms with Gasteiger partial charge in [-0.1, -0.05) is 121 Å². The highest BCUT2D eigenvalue weighted by Crippen LogP contribution is 2.33. The number of nitrogens with zero attached hydrogens (tertiary/aromatic N) is 3. The molecule has 1 fully saturated rings. The molecular formula is C37H39N3O3. The molecule has 1 aliphatic heterocycles. The molecule has 0 unspecified atom stereocenters. The van der Waals surface area contributed by atoms with Crippen molar-refractivity contribution in [3.63, 3.8) is 0 Å². The van der Waals surface area contributed by atoms with Gasteiger partial charge in [0.25, 0.3) is 0 Å². The molecule has 0 spiro atoms. The second-order valence-electron chi connectivity index (χ2n) is 11.1. The van der Waals surface area contributed by atoms with Crippen LogP contribution in [-0.4, -0.2) is 47.3 Å². The van der Waals surface area contributed by atoms with Gasteiger partial charge in [0, 0.05) is 38.6 Å². The van der Waals surface area contributed by atoms with E-state index in [0.29, 0.717) is 45.0 Å². The van der Waals surface area contributed by atoms with Gasteiger partial charge in [-0.2, -0.15) is 0 Å². The predicted molar refractivity (Wildman–Crippen MR) is 170 cm³/mol. The molecule has 0 amide bonds. The van der Waals surface area contributed by atoms with E-state index in [1.807, 2.05) is 36.4 Å². The van der Waals surface area contributed by atoms with E-state index in [0.717, 1.165) is 35.8 Å². The van der Waals surface area contributed by atoms with Crippen LogP contribution in [0.5, 0.6) is 0 Å². The van der Waals surface area contributed by atoms with Crippen molar-refractivity contribution < 1.29 is 14.3 Å². The van der Waals surface area contributed by atoms with Crippen LogP contribution in [0.4, 0.5) is 5.88 Å². The number of rotatable bonds is 12. The third kappa shape index (κ3) is 7.59. The van der Waals surface area contributed by atoms with Crippen molar-refractivity contribution in [1.82, 2.24) is 9.88 Å². The van der Waals surface area contributed by atoms with E-state index < -0.39 is 6.10 Å². The zero-order chi connectivity index (χ0) is 29.3. The van der Waals surface area contributed by atoms with Crippen molar-refractivity contribution in [1.29, 1.82) is 0 Å². The molecule has 0 radical (unpaired) electrons. The Labute approximate surface area is 254 Å². The Morgan fingerprint density at radius 1 is 0.674 bits per heavy atom. The summed E-state index contributed by atoms with van der Waals surface area (Å²) in [6.45, 7) is 4.10. The molecule has 0 bridgehead atoms. The maximum atomic E-state index is 12.2. The average Bonchev–Trinajstić information content (AvgIpc) is 3.49. The predicted octanol–water partition coefficient (Wildman–Crippen LogP) is 6.45. The Bertz CT molecular complexity index is 1480. The molecule has 1 N–H and O–H groups in total. The molecular weight excluding hydrogens is 534 g/mol. The highest BCUT2D eigenvalue weighted by atomic mass is 16.5. The first-order valence-electron chi connectivity index (χ1n) is 15.1. The minimum atomic E-state index is -0.947. The van der Waals surface area contributed by atoms with E-state index in [-0.39, 0.29) is 6.04 Å². The lowest BCUT2D eigenvalue weighted by Crippen LogP contribution is -2.40. The molecule has 43 heavy (non-hydrogen) atoms. The number of ether oxygens (including phenoxy) is 1. The van der Waals surface area contributed by atoms with Crippen molar-refractivity contribution >= 4 is 5.88 Å². The van der Waals surface area contributed by atoms with Gasteiger partial charge < -0.3 is 19.2 Å². The topological polar surface area (TPSA) is 62.0 Å². The van der Waals surface area contributed by atoms with Crippen LogP contribution < -0.4 is 4.90 Å². The standard InChI is InChI=1S/C37H39N3O3/c41-35(36-38-33(25-29-13-5-1-6-14-29)37(43-36)39-21-23-42-24-22-39)34(26-30-15-7-2-8-16-30)40(27-31-17-9-3-10-18-31)28-32-19-11-4-12-20-32/h1-20,34-35,41H,21-28H2/t34-,35-/m0/s1. The fourth-order valence-corrected chi connectivity index (χ4v) is 5.79. The number of morpholine rings is 1. The third-order valence-electron chi connectivity index (χ3n) is 8.04. The molecule has 1 saturated heterocycles. The number of hydrogen-bond acceptors (Lipinski definition) is 6. The molecule has 1 aromatic heterocycles. The number of oxazole rings is 1. The van der Waals surface area contributed by atoms with Crippen LogP contribution in [0.3, 0.4) is 0 Å². The van der Waals surface area contributed by atoms with Crippen LogP contribution >= 0.6 is 0 Å². The first-order valence-corrected chi connectivity index (χ1v) is 15.1. The highest BCUT2D eigenvalue weighted by molar-refractivity contribution is 5.44. The fraction of sp³-hybridized carbons (Fsp3) is 0.270. The van der Waals surface area contributed by atoms with E-state index in [1.165, 1.54) is 11.1 Å². The first-order chi connectivity index (χ1) is 21.2. The summed E-state index contributed by atoms with van der Waals surface area (Å²) in [5, 5.41) is 12.2. The number of benzene rings is 4. The summed E-state index contributed by atoms with van der Waals surface area (Å²) < 4.78 is 12.2. The van der Waals surface area contributed by atoms with Crippen LogP contribution in [0, 0.1) is 0 Å². The molecule has 0 aliphatic carbocycles. The van der Waals surface area contributed by atoms with Crippen LogP contribution in [0.1, 0.15) is 39.9 Å². The van der Waals surface area contributed by atoms with Gasteiger partial charge in [0.1, 0.15) is 11.8 Å². The lowest BCUT2D eigenvalue weighted by Gasteiger charge is -2.34. The molecule has 2 atom stereocenters. The number of anilines is 1. The summed E-state index contributed by atoms with van der Waals surface area (Å²) in [6, 6.07) is 41.3. The van der Waals surface area contributed by atoms with E-state index in [1.54, 1.807) is 0 Å². The van der Waals surface area contributed by atoms with E-state index >= 15 is 0 Å². The summed E-state index contributed by atoms with van der Waals surface area (Å²) in [6.07, 6.45) is 0.326. The SMILES string of the molecule is O[C@H](c1nc(Cc2ccccc2)c(N2CCOCC2)o1)[C@H](Cc1ccccc1)N(Cc1ccccc1)Cc1ccccc1. The van der Waals surface area contributed by atoms with Gasteiger partial charge in [-0.15, -0.1) is 0 Å². The normalized spacial score (nSPS) is 15.0. The maximum absolute atomic E-state index is 12.2. The molecule has 4 aromatic carbocycles. The van der Waals surface area contributed by atoms with Crippen LogP contribution in [0.15, 0.2) is 126 Å². The summed E-state index contributed by atoms with van der Waals surface area (Å²) in [5.74, 6) is 1.09. The summed E-state index contributed by atoms with van der Waals surface area (Å²) in [5.41, 5.74) is 5.53. The zero-order valence-corrected chi connectivity index (χ0v) is 24.5. The Balaban J connectivity index is 1.38. The van der Waals surface area contributed by atoms with Gasteiger partial charge in [-0.05, 0) is 28.7 Å². The third-order valence-corrected chi connectivity index (χ3v) is 8.04. The van der Waals surface area contributed by atoms with Crippen LogP contribution in [0.2, 0.25) is 0 Å². The van der Waals surface area contributed by atoms with E-state index in [2.05, 4.69) is 94.7 Å². The first kappa shape index (κ1) is 28.9. The molecule has 6 rings (SSSR count).